The summed E-state index contributed by atoms with van der Waals surface area (Å²) in [4.78, 5) is 0. The lowest BCUT2D eigenvalue weighted by atomic mass is 10.1. The highest BCUT2D eigenvalue weighted by atomic mass is 16.3. The molecule has 3 heteroatoms. The topological polar surface area (TPSA) is 51.2 Å². The van der Waals surface area contributed by atoms with E-state index in [0.29, 0.717) is 6.54 Å². The molecule has 0 radical (unpaired) electrons. The van der Waals surface area contributed by atoms with E-state index in [1.807, 2.05) is 6.07 Å². The summed E-state index contributed by atoms with van der Waals surface area (Å²) in [6.07, 6.45) is 8.03. The van der Waals surface area contributed by atoms with Crippen molar-refractivity contribution in [3.05, 3.63) is 23.7 Å². The summed E-state index contributed by atoms with van der Waals surface area (Å²) in [5.74, 6) is 0.949. The molecule has 0 saturated heterocycles. The van der Waals surface area contributed by atoms with Crippen LogP contribution < -0.4 is 11.1 Å². The Kier molecular flexibility index (Phi) is 3.80. The summed E-state index contributed by atoms with van der Waals surface area (Å²) in [6.45, 7) is 1.67. The minimum Gasteiger partial charge on any atom is -0.468 e. The third kappa shape index (κ3) is 3.36. The van der Waals surface area contributed by atoms with Crippen LogP contribution in [0.5, 0.6) is 0 Å². The van der Waals surface area contributed by atoms with Gasteiger partial charge in [0, 0.05) is 6.04 Å². The first-order chi connectivity index (χ1) is 7.40. The summed E-state index contributed by atoms with van der Waals surface area (Å²) in [5.41, 5.74) is 6.85. The molecule has 0 aliphatic heterocycles. The van der Waals surface area contributed by atoms with Crippen molar-refractivity contribution in [3.8, 4) is 0 Å². The monoisotopic (exact) mass is 208 g/mol. The Hall–Kier alpha value is -0.800. The van der Waals surface area contributed by atoms with Gasteiger partial charge in [0.1, 0.15) is 5.76 Å². The standard InChI is InChI=1S/C12H20N2O/c13-9-12-10(6-8-15-12)3-1-2-7-14-11-4-5-11/h6,8,11,14H,1-5,7,9,13H2. The Bertz CT molecular complexity index is 292. The molecular weight excluding hydrogens is 188 g/mol. The van der Waals surface area contributed by atoms with E-state index in [2.05, 4.69) is 5.32 Å². The molecule has 3 nitrogen and oxygen atoms in total. The highest BCUT2D eigenvalue weighted by molar-refractivity contribution is 5.16. The molecule has 0 spiro atoms. The van der Waals surface area contributed by atoms with Crippen LogP contribution in [-0.4, -0.2) is 12.6 Å². The number of unbranched alkanes of at least 4 members (excludes halogenated alkanes) is 1. The van der Waals surface area contributed by atoms with Crippen molar-refractivity contribution in [3.63, 3.8) is 0 Å². The maximum absolute atomic E-state index is 5.57. The van der Waals surface area contributed by atoms with Crippen LogP contribution in [-0.2, 0) is 13.0 Å². The Morgan fingerprint density at radius 1 is 1.40 bits per heavy atom. The number of hydrogen-bond donors (Lipinski definition) is 2. The molecule has 1 aliphatic carbocycles. The van der Waals surface area contributed by atoms with Gasteiger partial charge in [-0.3, -0.25) is 0 Å². The molecule has 1 heterocycles. The van der Waals surface area contributed by atoms with Crippen molar-refractivity contribution in [1.29, 1.82) is 0 Å². The number of nitrogens with two attached hydrogens (primary N) is 1. The molecule has 1 saturated carbocycles. The zero-order valence-corrected chi connectivity index (χ0v) is 9.17. The lowest BCUT2D eigenvalue weighted by Gasteiger charge is -2.02. The molecule has 2 rings (SSSR count). The molecule has 1 aliphatic rings. The van der Waals surface area contributed by atoms with E-state index in [1.54, 1.807) is 6.26 Å². The van der Waals surface area contributed by atoms with Crippen LogP contribution in [0.3, 0.4) is 0 Å². The van der Waals surface area contributed by atoms with Crippen LogP contribution in [0.25, 0.3) is 0 Å². The van der Waals surface area contributed by atoms with E-state index in [-0.39, 0.29) is 0 Å². The molecule has 0 unspecified atom stereocenters. The molecule has 0 aromatic carbocycles. The molecule has 1 fully saturated rings. The van der Waals surface area contributed by atoms with Crippen LogP contribution in [0.15, 0.2) is 16.7 Å². The van der Waals surface area contributed by atoms with Gasteiger partial charge in [-0.25, -0.2) is 0 Å². The van der Waals surface area contributed by atoms with Gasteiger partial charge in [-0.15, -0.1) is 0 Å². The van der Waals surface area contributed by atoms with Gasteiger partial charge in [0.25, 0.3) is 0 Å². The highest BCUT2D eigenvalue weighted by Crippen LogP contribution is 2.18. The van der Waals surface area contributed by atoms with Gasteiger partial charge in [0.05, 0.1) is 12.8 Å². The molecule has 1 aromatic rings. The minimum atomic E-state index is 0.517. The number of furan rings is 1. The largest absolute Gasteiger partial charge is 0.468 e. The van der Waals surface area contributed by atoms with Crippen LogP contribution in [0.2, 0.25) is 0 Å². The van der Waals surface area contributed by atoms with Crippen LogP contribution in [0, 0.1) is 0 Å². The molecule has 0 amide bonds. The Morgan fingerprint density at radius 3 is 3.00 bits per heavy atom. The summed E-state index contributed by atoms with van der Waals surface area (Å²) in [5, 5.41) is 3.52. The molecule has 0 bridgehead atoms. The number of nitrogens with one attached hydrogen (secondary N) is 1. The van der Waals surface area contributed by atoms with E-state index >= 15 is 0 Å². The lowest BCUT2D eigenvalue weighted by Crippen LogP contribution is -2.17. The van der Waals surface area contributed by atoms with Gasteiger partial charge >= 0.3 is 0 Å². The summed E-state index contributed by atoms with van der Waals surface area (Å²) < 4.78 is 5.28. The Balaban J connectivity index is 1.59. The van der Waals surface area contributed by atoms with Gasteiger partial charge in [-0.1, -0.05) is 0 Å². The molecule has 0 atom stereocenters. The molecule has 84 valence electrons. The third-order valence-corrected chi connectivity index (χ3v) is 2.91. The van der Waals surface area contributed by atoms with E-state index in [1.165, 1.54) is 31.2 Å². The van der Waals surface area contributed by atoms with Crippen LogP contribution in [0.1, 0.15) is 37.0 Å². The maximum Gasteiger partial charge on any atom is 0.120 e. The fourth-order valence-electron chi connectivity index (χ4n) is 1.80. The van der Waals surface area contributed by atoms with E-state index < -0.39 is 0 Å². The molecule has 15 heavy (non-hydrogen) atoms. The fraction of sp³-hybridized carbons (Fsp3) is 0.667. The number of rotatable bonds is 7. The second-order valence-corrected chi connectivity index (χ2v) is 4.26. The van der Waals surface area contributed by atoms with Crippen molar-refractivity contribution in [2.24, 2.45) is 5.73 Å². The summed E-state index contributed by atoms with van der Waals surface area (Å²) in [6, 6.07) is 2.87. The second-order valence-electron chi connectivity index (χ2n) is 4.26. The predicted molar refractivity (Wildman–Crippen MR) is 60.6 cm³/mol. The first-order valence-electron chi connectivity index (χ1n) is 5.89. The Morgan fingerprint density at radius 2 is 2.27 bits per heavy atom. The average molecular weight is 208 g/mol. The van der Waals surface area contributed by atoms with Gasteiger partial charge in [-0.05, 0) is 50.3 Å². The molecule has 3 N–H and O–H groups in total. The van der Waals surface area contributed by atoms with Crippen molar-refractivity contribution < 1.29 is 4.42 Å². The zero-order valence-electron chi connectivity index (χ0n) is 9.17. The predicted octanol–water partition coefficient (Wildman–Crippen LogP) is 1.81. The number of hydrogen-bond acceptors (Lipinski definition) is 3. The summed E-state index contributed by atoms with van der Waals surface area (Å²) in [7, 11) is 0. The quantitative estimate of drug-likeness (QED) is 0.672. The van der Waals surface area contributed by atoms with Gasteiger partial charge in [0.15, 0.2) is 0 Å². The second kappa shape index (κ2) is 5.33. The normalized spacial score (nSPS) is 15.8. The lowest BCUT2D eigenvalue weighted by molar-refractivity contribution is 0.505. The molecule has 1 aromatic heterocycles. The minimum absolute atomic E-state index is 0.517. The van der Waals surface area contributed by atoms with Crippen molar-refractivity contribution in [2.75, 3.05) is 6.54 Å². The number of aryl methyl sites for hydroxylation is 1. The van der Waals surface area contributed by atoms with E-state index in [4.69, 9.17) is 10.2 Å². The molecular formula is C12H20N2O. The zero-order chi connectivity index (χ0) is 10.5. The third-order valence-electron chi connectivity index (χ3n) is 2.91. The van der Waals surface area contributed by atoms with E-state index in [9.17, 15) is 0 Å². The fourth-order valence-corrected chi connectivity index (χ4v) is 1.80. The van der Waals surface area contributed by atoms with Gasteiger partial charge in [0.2, 0.25) is 0 Å². The van der Waals surface area contributed by atoms with Crippen LogP contribution >= 0.6 is 0 Å². The van der Waals surface area contributed by atoms with Crippen molar-refractivity contribution in [2.45, 2.75) is 44.7 Å². The van der Waals surface area contributed by atoms with Crippen LogP contribution in [0.4, 0.5) is 0 Å². The first kappa shape index (κ1) is 10.7. The van der Waals surface area contributed by atoms with Crippen molar-refractivity contribution in [1.82, 2.24) is 5.32 Å². The maximum atomic E-state index is 5.57. The SMILES string of the molecule is NCc1occc1CCCCNC1CC1. The highest BCUT2D eigenvalue weighted by Gasteiger charge is 2.19. The van der Waals surface area contributed by atoms with Gasteiger partial charge < -0.3 is 15.5 Å². The van der Waals surface area contributed by atoms with Gasteiger partial charge in [-0.2, -0.15) is 0 Å². The van der Waals surface area contributed by atoms with E-state index in [0.717, 1.165) is 24.8 Å². The Labute approximate surface area is 91.0 Å². The first-order valence-corrected chi connectivity index (χ1v) is 5.89. The van der Waals surface area contributed by atoms with Crippen molar-refractivity contribution >= 4 is 0 Å². The average Bonchev–Trinajstić information content (AvgIpc) is 2.96. The summed E-state index contributed by atoms with van der Waals surface area (Å²) >= 11 is 0. The smallest absolute Gasteiger partial charge is 0.120 e.